The molecule has 1 aliphatic heterocycles. The van der Waals surface area contributed by atoms with E-state index in [0.29, 0.717) is 0 Å². The van der Waals surface area contributed by atoms with Crippen LogP contribution in [-0.4, -0.2) is 34.2 Å². The molecule has 5 nitrogen and oxygen atoms in total. The lowest BCUT2D eigenvalue weighted by Gasteiger charge is -2.49. The van der Waals surface area contributed by atoms with Crippen LogP contribution in [0.1, 0.15) is 20.8 Å². The van der Waals surface area contributed by atoms with Gasteiger partial charge in [-0.25, -0.2) is 0 Å². The summed E-state index contributed by atoms with van der Waals surface area (Å²) in [6, 6.07) is -0.493. The Hall–Kier alpha value is -1.10. The molecule has 1 rings (SSSR count). The third-order valence-electron chi connectivity index (χ3n) is 3.18. The van der Waals surface area contributed by atoms with Crippen LogP contribution < -0.4 is 5.32 Å². The van der Waals surface area contributed by atoms with Gasteiger partial charge in [0.15, 0.2) is 0 Å². The van der Waals surface area contributed by atoms with Crippen molar-refractivity contribution >= 4 is 11.9 Å². The van der Waals surface area contributed by atoms with Crippen molar-refractivity contribution in [1.29, 1.82) is 0 Å². The number of nitrogens with one attached hydrogen (secondary N) is 1. The van der Waals surface area contributed by atoms with Gasteiger partial charge in [-0.1, -0.05) is 0 Å². The number of aliphatic carboxylic acids is 1. The maximum absolute atomic E-state index is 11.3. The third kappa shape index (κ3) is 1.28. The van der Waals surface area contributed by atoms with Crippen molar-refractivity contribution in [1.82, 2.24) is 5.32 Å². The van der Waals surface area contributed by atoms with Crippen molar-refractivity contribution < 1.29 is 19.8 Å². The molecule has 0 aromatic carbocycles. The quantitative estimate of drug-likeness (QED) is 0.542. The Morgan fingerprint density at radius 2 is 2.07 bits per heavy atom. The fourth-order valence-electron chi connectivity index (χ4n) is 1.75. The van der Waals surface area contributed by atoms with Crippen molar-refractivity contribution in [2.45, 2.75) is 32.9 Å². The van der Waals surface area contributed by atoms with Gasteiger partial charge in [0.25, 0.3) is 0 Å². The number of carbonyl (C=O) groups excluding carboxylic acids is 1. The number of carboxylic acids is 1. The zero-order valence-electron chi connectivity index (χ0n) is 8.44. The first kappa shape index (κ1) is 11.0. The number of rotatable bonds is 3. The Morgan fingerprint density at radius 3 is 2.36 bits per heavy atom. The summed E-state index contributed by atoms with van der Waals surface area (Å²) in [5.41, 5.74) is -0.974. The number of hydrogen-bond acceptors (Lipinski definition) is 3. The van der Waals surface area contributed by atoms with E-state index in [-0.39, 0.29) is 5.91 Å². The average molecular weight is 201 g/mol. The number of amides is 1. The molecule has 5 heteroatoms. The van der Waals surface area contributed by atoms with E-state index in [9.17, 15) is 14.7 Å². The molecule has 0 aromatic rings. The fraction of sp³-hybridized carbons (Fsp3) is 0.778. The Labute approximate surface area is 82.1 Å². The zero-order valence-corrected chi connectivity index (χ0v) is 8.44. The lowest BCUT2D eigenvalue weighted by atomic mass is 9.66. The smallest absolute Gasteiger partial charge is 0.308 e. The maximum Gasteiger partial charge on any atom is 0.308 e. The van der Waals surface area contributed by atoms with Crippen LogP contribution in [0.5, 0.6) is 0 Å². The van der Waals surface area contributed by atoms with Gasteiger partial charge in [-0.05, 0) is 20.8 Å². The highest BCUT2D eigenvalue weighted by Crippen LogP contribution is 2.38. The van der Waals surface area contributed by atoms with Crippen LogP contribution in [-0.2, 0) is 9.59 Å². The first-order chi connectivity index (χ1) is 6.31. The van der Waals surface area contributed by atoms with E-state index in [4.69, 9.17) is 5.11 Å². The molecule has 3 N–H and O–H groups in total. The summed E-state index contributed by atoms with van der Waals surface area (Å²) in [5, 5.41) is 20.7. The summed E-state index contributed by atoms with van der Waals surface area (Å²) >= 11 is 0. The molecule has 1 unspecified atom stereocenters. The molecular formula is C9H15NO4. The van der Waals surface area contributed by atoms with Crippen LogP contribution in [0.3, 0.4) is 0 Å². The molecule has 1 fully saturated rings. The Morgan fingerprint density at radius 1 is 1.57 bits per heavy atom. The van der Waals surface area contributed by atoms with E-state index in [1.165, 1.54) is 13.8 Å². The minimum absolute atomic E-state index is 0.286. The van der Waals surface area contributed by atoms with Gasteiger partial charge in [0.05, 0.1) is 23.5 Å². The molecule has 1 heterocycles. The molecule has 0 aromatic heterocycles. The standard InChI is InChI=1S/C9H15NO4/c1-4(7(12)13)6-9(3,5(2)11)8(14)10-6/h4-6,11H,1-3H3,(H,10,14)(H,12,13)/t4?,5-,6+,9+/m0/s1. The first-order valence-corrected chi connectivity index (χ1v) is 4.53. The second-order valence-corrected chi connectivity index (χ2v) is 4.04. The van der Waals surface area contributed by atoms with Gasteiger partial charge in [-0.2, -0.15) is 0 Å². The normalized spacial score (nSPS) is 35.4. The molecule has 80 valence electrons. The van der Waals surface area contributed by atoms with Gasteiger partial charge < -0.3 is 15.5 Å². The van der Waals surface area contributed by atoms with Crippen LogP contribution >= 0.6 is 0 Å². The van der Waals surface area contributed by atoms with Gasteiger partial charge in [0.2, 0.25) is 5.91 Å². The number of carboxylic acid groups (broad SMARTS) is 1. The predicted octanol–water partition coefficient (Wildman–Crippen LogP) is -0.407. The highest BCUT2D eigenvalue weighted by atomic mass is 16.4. The van der Waals surface area contributed by atoms with Gasteiger partial charge in [0.1, 0.15) is 0 Å². The predicted molar refractivity (Wildman–Crippen MR) is 48.5 cm³/mol. The van der Waals surface area contributed by atoms with Gasteiger partial charge in [-0.15, -0.1) is 0 Å². The van der Waals surface area contributed by atoms with E-state index in [0.717, 1.165) is 0 Å². The van der Waals surface area contributed by atoms with E-state index < -0.39 is 29.4 Å². The lowest BCUT2D eigenvalue weighted by Crippen LogP contribution is -2.72. The SMILES string of the molecule is CC(C(=O)O)[C@H]1NC(=O)[C@]1(C)[C@H](C)O. The van der Waals surface area contributed by atoms with Crippen LogP contribution in [0, 0.1) is 11.3 Å². The third-order valence-corrected chi connectivity index (χ3v) is 3.18. The Bertz CT molecular complexity index is 276. The molecule has 1 amide bonds. The van der Waals surface area contributed by atoms with E-state index in [1.807, 2.05) is 0 Å². The number of aliphatic hydroxyl groups is 1. The molecule has 0 spiro atoms. The lowest BCUT2D eigenvalue weighted by molar-refractivity contribution is -0.163. The number of hydrogen-bond donors (Lipinski definition) is 3. The summed E-state index contributed by atoms with van der Waals surface area (Å²) in [7, 11) is 0. The molecule has 4 atom stereocenters. The first-order valence-electron chi connectivity index (χ1n) is 4.53. The monoisotopic (exact) mass is 201 g/mol. The molecule has 1 aliphatic rings. The average Bonchev–Trinajstić information content (AvgIpc) is 2.10. The summed E-state index contributed by atoms with van der Waals surface area (Å²) in [6.07, 6.45) is -0.844. The molecule has 0 radical (unpaired) electrons. The number of aliphatic hydroxyl groups excluding tert-OH is 1. The summed E-state index contributed by atoms with van der Waals surface area (Å²) in [5.74, 6) is -1.94. The molecule has 0 aliphatic carbocycles. The summed E-state index contributed by atoms with van der Waals surface area (Å²) in [6.45, 7) is 4.61. The second kappa shape index (κ2) is 3.24. The van der Waals surface area contributed by atoms with Crippen LogP contribution in [0.2, 0.25) is 0 Å². The van der Waals surface area contributed by atoms with E-state index in [2.05, 4.69) is 5.32 Å². The van der Waals surface area contributed by atoms with E-state index in [1.54, 1.807) is 6.92 Å². The highest BCUT2D eigenvalue weighted by molar-refractivity contribution is 5.92. The summed E-state index contributed by atoms with van der Waals surface area (Å²) < 4.78 is 0. The molecule has 0 saturated carbocycles. The maximum atomic E-state index is 11.3. The van der Waals surface area contributed by atoms with Crippen molar-refractivity contribution in [3.63, 3.8) is 0 Å². The van der Waals surface area contributed by atoms with E-state index >= 15 is 0 Å². The zero-order chi connectivity index (χ0) is 11.1. The van der Waals surface area contributed by atoms with Crippen molar-refractivity contribution in [3.05, 3.63) is 0 Å². The molecular weight excluding hydrogens is 186 g/mol. The minimum atomic E-state index is -0.974. The summed E-state index contributed by atoms with van der Waals surface area (Å²) in [4.78, 5) is 22.0. The van der Waals surface area contributed by atoms with Crippen molar-refractivity contribution in [3.8, 4) is 0 Å². The second-order valence-electron chi connectivity index (χ2n) is 4.04. The number of carbonyl (C=O) groups is 2. The van der Waals surface area contributed by atoms with Gasteiger partial charge in [0, 0.05) is 0 Å². The van der Waals surface area contributed by atoms with Crippen LogP contribution in [0.15, 0.2) is 0 Å². The Kier molecular flexibility index (Phi) is 2.54. The molecule has 0 bridgehead atoms. The van der Waals surface area contributed by atoms with Crippen molar-refractivity contribution in [2.75, 3.05) is 0 Å². The molecule has 14 heavy (non-hydrogen) atoms. The van der Waals surface area contributed by atoms with Crippen LogP contribution in [0.25, 0.3) is 0 Å². The van der Waals surface area contributed by atoms with Crippen LogP contribution in [0.4, 0.5) is 0 Å². The Balaban J connectivity index is 2.85. The highest BCUT2D eigenvalue weighted by Gasteiger charge is 2.57. The van der Waals surface area contributed by atoms with Gasteiger partial charge in [-0.3, -0.25) is 9.59 Å². The minimum Gasteiger partial charge on any atom is -0.481 e. The topological polar surface area (TPSA) is 86.6 Å². The van der Waals surface area contributed by atoms with Gasteiger partial charge >= 0.3 is 5.97 Å². The fourth-order valence-corrected chi connectivity index (χ4v) is 1.75. The van der Waals surface area contributed by atoms with Crippen molar-refractivity contribution in [2.24, 2.45) is 11.3 Å². The number of β-lactam (4-membered cyclic amide) rings is 1. The largest absolute Gasteiger partial charge is 0.481 e. The molecule has 1 saturated heterocycles.